The Morgan fingerprint density at radius 2 is 1.60 bits per heavy atom. The lowest BCUT2D eigenvalue weighted by molar-refractivity contribution is -0.291. The molecule has 40 heavy (non-hydrogen) atoms. The second-order valence-electron chi connectivity index (χ2n) is 8.68. The van der Waals surface area contributed by atoms with Crippen LogP contribution in [-0.2, 0) is 19.1 Å². The van der Waals surface area contributed by atoms with Crippen molar-refractivity contribution in [3.8, 4) is 11.5 Å². The molecule has 4 rings (SSSR count). The van der Waals surface area contributed by atoms with Gasteiger partial charge in [0.15, 0.2) is 12.3 Å². The molecule has 0 aliphatic heterocycles. The highest BCUT2D eigenvalue weighted by molar-refractivity contribution is 5.87. The van der Waals surface area contributed by atoms with Crippen LogP contribution in [-0.4, -0.2) is 47.8 Å². The van der Waals surface area contributed by atoms with Crippen LogP contribution in [0.15, 0.2) is 48.5 Å². The minimum atomic E-state index is -6.00. The fraction of sp³-hybridized carbons (Fsp3) is 0.320. The fourth-order valence-corrected chi connectivity index (χ4v) is 3.87. The number of imidazole rings is 1. The predicted molar refractivity (Wildman–Crippen MR) is 128 cm³/mol. The SMILES string of the molecule is CCCC(c1ccc(OCc2ccc(OCc3nn[nH]n3)cc2)cc1)c1nc(C(=O)O)c(C(F)(F)C(F)(F)F)[nH]1. The number of hydrogen-bond acceptors (Lipinski definition) is 7. The Kier molecular flexibility index (Phi) is 8.30. The molecule has 0 radical (unpaired) electrons. The number of aromatic nitrogens is 6. The van der Waals surface area contributed by atoms with Crippen LogP contribution in [0.3, 0.4) is 0 Å². The molecule has 2 aromatic heterocycles. The maximum atomic E-state index is 14.1. The molecule has 15 heteroatoms. The molecular weight excluding hydrogens is 543 g/mol. The third-order valence-electron chi connectivity index (χ3n) is 5.87. The number of H-pyrrole nitrogens is 2. The minimum absolute atomic E-state index is 0.152. The molecule has 10 nitrogen and oxygen atoms in total. The number of carboxylic acids is 1. The van der Waals surface area contributed by atoms with E-state index in [1.165, 1.54) is 0 Å². The van der Waals surface area contributed by atoms with Crippen molar-refractivity contribution >= 4 is 5.97 Å². The third-order valence-corrected chi connectivity index (χ3v) is 5.87. The van der Waals surface area contributed by atoms with Gasteiger partial charge in [-0.1, -0.05) is 42.8 Å². The van der Waals surface area contributed by atoms with E-state index in [1.807, 2.05) is 17.1 Å². The van der Waals surface area contributed by atoms with E-state index in [0.29, 0.717) is 35.7 Å². The zero-order valence-corrected chi connectivity index (χ0v) is 20.9. The van der Waals surface area contributed by atoms with Crippen LogP contribution in [0, 0.1) is 0 Å². The molecule has 3 N–H and O–H groups in total. The summed E-state index contributed by atoms with van der Waals surface area (Å²) in [6.45, 7) is 2.16. The lowest BCUT2D eigenvalue weighted by Crippen LogP contribution is -2.35. The number of benzene rings is 2. The van der Waals surface area contributed by atoms with Crippen molar-refractivity contribution in [2.24, 2.45) is 0 Å². The monoisotopic (exact) mass is 566 g/mol. The fourth-order valence-electron chi connectivity index (χ4n) is 3.87. The third kappa shape index (κ3) is 6.35. The molecule has 212 valence electrons. The van der Waals surface area contributed by atoms with E-state index in [1.54, 1.807) is 43.3 Å². The Hall–Kier alpha value is -4.56. The zero-order valence-electron chi connectivity index (χ0n) is 20.9. The number of carbonyl (C=O) groups is 1. The molecule has 1 atom stereocenters. The number of aromatic carboxylic acids is 1. The summed E-state index contributed by atoms with van der Waals surface area (Å²) in [4.78, 5) is 17.0. The molecule has 0 spiro atoms. The Morgan fingerprint density at radius 3 is 2.15 bits per heavy atom. The number of nitrogens with zero attached hydrogens (tertiary/aromatic N) is 4. The first-order chi connectivity index (χ1) is 19.0. The molecule has 0 amide bonds. The molecule has 1 unspecified atom stereocenters. The number of halogens is 5. The normalized spacial score (nSPS) is 12.8. The lowest BCUT2D eigenvalue weighted by atomic mass is 9.94. The van der Waals surface area contributed by atoms with Crippen LogP contribution in [0.4, 0.5) is 22.0 Å². The average molecular weight is 566 g/mol. The van der Waals surface area contributed by atoms with Crippen molar-refractivity contribution in [3.63, 3.8) is 0 Å². The Bertz CT molecular complexity index is 1410. The Morgan fingerprint density at radius 1 is 0.975 bits per heavy atom. The standard InChI is InChI=1S/C25H23F5N6O4/c1-2-3-18(22-31-20(23(37)38)21(32-22)24(26,27)25(28,29)30)15-6-10-17(11-7-15)39-12-14-4-8-16(9-5-14)40-13-19-33-35-36-34-19/h4-11,18H,2-3,12-13H2,1H3,(H,31,32)(H,37,38)(H,33,34,35,36). The number of hydrogen-bond donors (Lipinski definition) is 3. The van der Waals surface area contributed by atoms with Gasteiger partial charge in [0.1, 0.15) is 29.6 Å². The number of aromatic amines is 2. The molecule has 0 aliphatic carbocycles. The van der Waals surface area contributed by atoms with E-state index in [2.05, 4.69) is 25.6 Å². The molecule has 0 aliphatic rings. The van der Waals surface area contributed by atoms with Crippen molar-refractivity contribution in [1.82, 2.24) is 30.6 Å². The van der Waals surface area contributed by atoms with Crippen LogP contribution in [0.25, 0.3) is 0 Å². The summed E-state index contributed by atoms with van der Waals surface area (Å²) in [5, 5.41) is 22.6. The summed E-state index contributed by atoms with van der Waals surface area (Å²) in [7, 11) is 0. The molecular formula is C25H23F5N6O4. The predicted octanol–water partition coefficient (Wildman–Crippen LogP) is 5.37. The van der Waals surface area contributed by atoms with Gasteiger partial charge in [-0.3, -0.25) is 0 Å². The van der Waals surface area contributed by atoms with Gasteiger partial charge in [-0.15, -0.1) is 10.2 Å². The molecule has 4 aromatic rings. The largest absolute Gasteiger partial charge is 0.489 e. The van der Waals surface area contributed by atoms with E-state index in [9.17, 15) is 31.9 Å². The van der Waals surface area contributed by atoms with Crippen molar-refractivity contribution < 1.29 is 41.3 Å². The molecule has 0 fully saturated rings. The molecule has 0 saturated carbocycles. The number of alkyl halides is 5. The second kappa shape index (κ2) is 11.7. The zero-order chi connectivity index (χ0) is 28.9. The molecule has 0 saturated heterocycles. The first-order valence-electron chi connectivity index (χ1n) is 11.9. The smallest absolute Gasteiger partial charge is 0.459 e. The first-order valence-corrected chi connectivity index (χ1v) is 11.9. The Balaban J connectivity index is 1.45. The summed E-state index contributed by atoms with van der Waals surface area (Å²) in [5.74, 6) is -6.98. The molecule has 0 bridgehead atoms. The van der Waals surface area contributed by atoms with E-state index >= 15 is 0 Å². The lowest BCUT2D eigenvalue weighted by Gasteiger charge is -2.19. The van der Waals surface area contributed by atoms with Crippen LogP contribution in [0.5, 0.6) is 11.5 Å². The Labute approximate surface area is 223 Å². The summed E-state index contributed by atoms with van der Waals surface area (Å²) in [5.41, 5.74) is -1.79. The number of carboxylic acid groups (broad SMARTS) is 1. The van der Waals surface area contributed by atoms with Gasteiger partial charge in [0.2, 0.25) is 5.82 Å². The summed E-state index contributed by atoms with van der Waals surface area (Å²) < 4.78 is 78.4. The van der Waals surface area contributed by atoms with Gasteiger partial charge >= 0.3 is 18.1 Å². The topological polar surface area (TPSA) is 139 Å². The van der Waals surface area contributed by atoms with Crippen molar-refractivity contribution in [2.75, 3.05) is 0 Å². The van der Waals surface area contributed by atoms with Crippen molar-refractivity contribution in [1.29, 1.82) is 0 Å². The van der Waals surface area contributed by atoms with Gasteiger partial charge in [0.05, 0.1) is 0 Å². The van der Waals surface area contributed by atoms with Gasteiger partial charge in [-0.05, 0) is 41.8 Å². The molecule has 2 heterocycles. The van der Waals surface area contributed by atoms with Crippen LogP contribution >= 0.6 is 0 Å². The van der Waals surface area contributed by atoms with Crippen molar-refractivity contribution in [2.45, 2.75) is 51.0 Å². The maximum Gasteiger partial charge on any atom is 0.459 e. The second-order valence-corrected chi connectivity index (χ2v) is 8.68. The van der Waals surface area contributed by atoms with Gasteiger partial charge in [0, 0.05) is 5.92 Å². The highest BCUT2D eigenvalue weighted by Crippen LogP contribution is 2.45. The van der Waals surface area contributed by atoms with E-state index < -0.39 is 35.4 Å². The highest BCUT2D eigenvalue weighted by Gasteiger charge is 2.61. The number of rotatable bonds is 12. The molecule has 2 aromatic carbocycles. The van der Waals surface area contributed by atoms with Gasteiger partial charge in [-0.2, -0.15) is 27.2 Å². The van der Waals surface area contributed by atoms with Crippen LogP contribution in [0.2, 0.25) is 0 Å². The summed E-state index contributed by atoms with van der Waals surface area (Å²) in [6.07, 6.45) is -5.17. The van der Waals surface area contributed by atoms with Gasteiger partial charge in [-0.25, -0.2) is 9.78 Å². The van der Waals surface area contributed by atoms with E-state index in [4.69, 9.17) is 9.47 Å². The van der Waals surface area contributed by atoms with Crippen molar-refractivity contribution in [3.05, 3.63) is 82.7 Å². The van der Waals surface area contributed by atoms with E-state index in [0.717, 1.165) is 5.56 Å². The van der Waals surface area contributed by atoms with E-state index in [-0.39, 0.29) is 19.0 Å². The number of nitrogens with one attached hydrogen (secondary N) is 2. The van der Waals surface area contributed by atoms with Crippen LogP contribution < -0.4 is 9.47 Å². The minimum Gasteiger partial charge on any atom is -0.489 e. The summed E-state index contributed by atoms with van der Waals surface area (Å²) in [6, 6.07) is 13.6. The number of tetrazole rings is 1. The maximum absolute atomic E-state index is 14.1. The number of ether oxygens (including phenoxy) is 2. The first kappa shape index (κ1) is 28.4. The van der Waals surface area contributed by atoms with Gasteiger partial charge < -0.3 is 19.6 Å². The quantitative estimate of drug-likeness (QED) is 0.195. The average Bonchev–Trinajstić information content (AvgIpc) is 3.61. The highest BCUT2D eigenvalue weighted by atomic mass is 19.4. The van der Waals surface area contributed by atoms with Crippen LogP contribution in [0.1, 0.15) is 64.6 Å². The summed E-state index contributed by atoms with van der Waals surface area (Å²) >= 11 is 0. The van der Waals surface area contributed by atoms with Gasteiger partial charge in [0.25, 0.3) is 0 Å².